The highest BCUT2D eigenvalue weighted by Gasteiger charge is 2.39. The number of carbonyl (C=O) groups is 4. The molecule has 1 fully saturated rings. The summed E-state index contributed by atoms with van der Waals surface area (Å²) >= 11 is 0. The Bertz CT molecular complexity index is 1370. The van der Waals surface area contributed by atoms with E-state index in [4.69, 9.17) is 4.42 Å². The smallest absolute Gasteiger partial charge is 0.274 e. The van der Waals surface area contributed by atoms with E-state index in [1.807, 2.05) is 6.07 Å². The predicted octanol–water partition coefficient (Wildman–Crippen LogP) is 1.43. The number of aryl methyl sites for hydroxylation is 1. The molecule has 1 aromatic carbocycles. The second-order valence-electron chi connectivity index (χ2n) is 9.02. The van der Waals surface area contributed by atoms with Crippen molar-refractivity contribution in [2.45, 2.75) is 50.7 Å². The molecule has 0 spiro atoms. The minimum absolute atomic E-state index is 0.153. The van der Waals surface area contributed by atoms with Gasteiger partial charge in [-0.05, 0) is 55.0 Å². The minimum atomic E-state index is -0.674. The Morgan fingerprint density at radius 3 is 2.86 bits per heavy atom. The maximum absolute atomic E-state index is 13.1. The van der Waals surface area contributed by atoms with Gasteiger partial charge in [-0.1, -0.05) is 11.3 Å². The highest BCUT2D eigenvalue weighted by atomic mass is 16.3. The highest BCUT2D eigenvalue weighted by Crippen LogP contribution is 2.31. The Morgan fingerprint density at radius 2 is 2.00 bits per heavy atom. The monoisotopic (exact) mass is 474 g/mol. The number of rotatable bonds is 4. The third kappa shape index (κ3) is 3.69. The van der Waals surface area contributed by atoms with Crippen LogP contribution in [0.25, 0.3) is 5.69 Å². The number of hydrogen-bond acceptors (Lipinski definition) is 7. The van der Waals surface area contributed by atoms with Crippen LogP contribution in [0.1, 0.15) is 69.5 Å². The van der Waals surface area contributed by atoms with Crippen LogP contribution in [0.15, 0.2) is 41.1 Å². The number of carbonyl (C=O) groups excluding carboxylic acids is 4. The van der Waals surface area contributed by atoms with Gasteiger partial charge in [-0.25, -0.2) is 4.68 Å². The average Bonchev–Trinajstić information content (AvgIpc) is 3.59. The van der Waals surface area contributed by atoms with Gasteiger partial charge in [0.25, 0.3) is 11.8 Å². The van der Waals surface area contributed by atoms with Crippen molar-refractivity contribution < 1.29 is 23.6 Å². The van der Waals surface area contributed by atoms with Gasteiger partial charge in [0.05, 0.1) is 24.2 Å². The average molecular weight is 474 g/mol. The lowest BCUT2D eigenvalue weighted by Gasteiger charge is -2.29. The number of nitrogens with one attached hydrogen (secondary N) is 2. The standard InChI is InChI=1S/C24H22N6O5/c31-20-7-6-19(23(33)26-20)29-11-14-4-5-15(10-16(14)24(29)34)30-12-18(27-28-30)22(32)25-17-3-1-2-13-8-9-35-21(13)17/h4-5,8-10,12,17,19H,1-3,6-7,11H2,(H,25,32)(H,26,31,33). The zero-order valence-electron chi connectivity index (χ0n) is 18.7. The van der Waals surface area contributed by atoms with Crippen molar-refractivity contribution >= 4 is 23.6 Å². The zero-order chi connectivity index (χ0) is 24.1. The number of benzene rings is 1. The van der Waals surface area contributed by atoms with Crippen LogP contribution in [-0.2, 0) is 22.6 Å². The number of furan rings is 1. The number of amides is 4. The number of aromatic nitrogens is 3. The summed E-state index contributed by atoms with van der Waals surface area (Å²) in [5.74, 6) is -0.617. The van der Waals surface area contributed by atoms with E-state index in [0.29, 0.717) is 24.2 Å². The first-order valence-corrected chi connectivity index (χ1v) is 11.6. The minimum Gasteiger partial charge on any atom is -0.467 e. The molecule has 2 N–H and O–H groups in total. The van der Waals surface area contributed by atoms with E-state index in [0.717, 1.165) is 36.1 Å². The summed E-state index contributed by atoms with van der Waals surface area (Å²) in [5.41, 5.74) is 3.08. The molecule has 11 nitrogen and oxygen atoms in total. The first-order chi connectivity index (χ1) is 17.0. The van der Waals surface area contributed by atoms with Crippen LogP contribution in [0.3, 0.4) is 0 Å². The van der Waals surface area contributed by atoms with Crippen LogP contribution in [0.5, 0.6) is 0 Å². The summed E-state index contributed by atoms with van der Waals surface area (Å²) in [7, 11) is 0. The first kappa shape index (κ1) is 21.3. The van der Waals surface area contributed by atoms with E-state index in [9.17, 15) is 19.2 Å². The Morgan fingerprint density at radius 1 is 1.11 bits per heavy atom. The van der Waals surface area contributed by atoms with E-state index in [-0.39, 0.29) is 35.9 Å². The zero-order valence-corrected chi connectivity index (χ0v) is 18.7. The van der Waals surface area contributed by atoms with Crippen molar-refractivity contribution in [2.75, 3.05) is 0 Å². The van der Waals surface area contributed by atoms with Gasteiger partial charge in [-0.3, -0.25) is 24.5 Å². The van der Waals surface area contributed by atoms with Crippen molar-refractivity contribution in [2.24, 2.45) is 0 Å². The Labute approximate surface area is 199 Å². The van der Waals surface area contributed by atoms with E-state index in [1.165, 1.54) is 15.8 Å². The molecule has 1 aliphatic carbocycles. The van der Waals surface area contributed by atoms with Gasteiger partial charge < -0.3 is 14.6 Å². The maximum Gasteiger partial charge on any atom is 0.274 e. The molecule has 3 aromatic rings. The fourth-order valence-corrected chi connectivity index (χ4v) is 5.04. The second kappa shape index (κ2) is 8.19. The molecule has 35 heavy (non-hydrogen) atoms. The van der Waals surface area contributed by atoms with Crippen molar-refractivity contribution in [1.82, 2.24) is 30.5 Å². The molecule has 2 aromatic heterocycles. The van der Waals surface area contributed by atoms with Crippen LogP contribution in [0.4, 0.5) is 0 Å². The van der Waals surface area contributed by atoms with E-state index in [2.05, 4.69) is 20.9 Å². The van der Waals surface area contributed by atoms with Gasteiger partial charge >= 0.3 is 0 Å². The molecule has 11 heteroatoms. The summed E-state index contributed by atoms with van der Waals surface area (Å²) in [6.07, 6.45) is 6.35. The Kier molecular flexibility index (Phi) is 4.97. The van der Waals surface area contributed by atoms with Gasteiger partial charge in [0.1, 0.15) is 11.8 Å². The van der Waals surface area contributed by atoms with E-state index < -0.39 is 11.9 Å². The molecule has 178 valence electrons. The summed E-state index contributed by atoms with van der Waals surface area (Å²) in [5, 5.41) is 13.3. The van der Waals surface area contributed by atoms with Crippen LogP contribution in [0.2, 0.25) is 0 Å². The lowest BCUT2D eigenvalue weighted by atomic mass is 9.94. The molecule has 2 unspecified atom stereocenters. The molecule has 0 saturated carbocycles. The third-order valence-corrected chi connectivity index (χ3v) is 6.84. The fourth-order valence-electron chi connectivity index (χ4n) is 5.04. The molecular weight excluding hydrogens is 452 g/mol. The van der Waals surface area contributed by atoms with Crippen LogP contribution in [0, 0.1) is 0 Å². The van der Waals surface area contributed by atoms with Gasteiger partial charge in [0.15, 0.2) is 5.69 Å². The Balaban J connectivity index is 1.18. The molecule has 0 bridgehead atoms. The largest absolute Gasteiger partial charge is 0.467 e. The number of piperidine rings is 1. The van der Waals surface area contributed by atoms with Crippen LogP contribution < -0.4 is 10.6 Å². The van der Waals surface area contributed by atoms with Gasteiger partial charge in [-0.15, -0.1) is 5.10 Å². The van der Waals surface area contributed by atoms with Gasteiger partial charge in [0.2, 0.25) is 11.8 Å². The molecular formula is C24H22N6O5. The van der Waals surface area contributed by atoms with Gasteiger partial charge in [0, 0.05) is 18.5 Å². The summed E-state index contributed by atoms with van der Waals surface area (Å²) in [6, 6.07) is 6.31. The van der Waals surface area contributed by atoms with Crippen molar-refractivity contribution in [3.8, 4) is 5.69 Å². The van der Waals surface area contributed by atoms with Crippen molar-refractivity contribution in [3.05, 3.63) is 64.9 Å². The molecule has 1 saturated heterocycles. The van der Waals surface area contributed by atoms with Gasteiger partial charge in [-0.2, -0.15) is 0 Å². The number of nitrogens with zero attached hydrogens (tertiary/aromatic N) is 4. The fraction of sp³-hybridized carbons (Fsp3) is 0.333. The third-order valence-electron chi connectivity index (χ3n) is 6.84. The molecule has 4 heterocycles. The quantitative estimate of drug-likeness (QED) is 0.545. The lowest BCUT2D eigenvalue weighted by molar-refractivity contribution is -0.136. The van der Waals surface area contributed by atoms with Crippen LogP contribution in [-0.4, -0.2) is 49.6 Å². The van der Waals surface area contributed by atoms with Crippen molar-refractivity contribution in [3.63, 3.8) is 0 Å². The molecule has 0 radical (unpaired) electrons. The number of imide groups is 1. The number of hydrogen-bond donors (Lipinski definition) is 2. The van der Waals surface area contributed by atoms with Crippen molar-refractivity contribution in [1.29, 1.82) is 0 Å². The normalized spacial score (nSPS) is 21.5. The van der Waals surface area contributed by atoms with Crippen LogP contribution >= 0.6 is 0 Å². The van der Waals surface area contributed by atoms with E-state index in [1.54, 1.807) is 24.5 Å². The molecule has 2 aliphatic heterocycles. The molecule has 6 rings (SSSR count). The SMILES string of the molecule is O=C1CCC(N2Cc3ccc(-n4cc(C(=O)NC5CCCc6ccoc65)nn4)cc3C2=O)C(=O)N1. The second-order valence-corrected chi connectivity index (χ2v) is 9.02. The summed E-state index contributed by atoms with van der Waals surface area (Å²) in [4.78, 5) is 51.1. The summed E-state index contributed by atoms with van der Waals surface area (Å²) in [6.45, 7) is 0.294. The summed E-state index contributed by atoms with van der Waals surface area (Å²) < 4.78 is 7.00. The maximum atomic E-state index is 13.1. The number of fused-ring (bicyclic) bond motifs is 2. The Hall–Kier alpha value is -4.28. The van der Waals surface area contributed by atoms with E-state index >= 15 is 0 Å². The predicted molar refractivity (Wildman–Crippen MR) is 119 cm³/mol. The molecule has 2 atom stereocenters. The topological polar surface area (TPSA) is 139 Å². The first-order valence-electron chi connectivity index (χ1n) is 11.6. The highest BCUT2D eigenvalue weighted by molar-refractivity contribution is 6.05. The lowest BCUT2D eigenvalue weighted by Crippen LogP contribution is -2.52. The molecule has 4 amide bonds. The molecule has 3 aliphatic rings.